The number of halogens is 1. The molecule has 21 heavy (non-hydrogen) atoms. The van der Waals surface area contributed by atoms with Gasteiger partial charge in [-0.2, -0.15) is 0 Å². The Balaban J connectivity index is 2.04. The lowest BCUT2D eigenvalue weighted by Gasteiger charge is -2.33. The molecule has 2 rings (SSSR count). The summed E-state index contributed by atoms with van der Waals surface area (Å²) >= 11 is 0. The minimum Gasteiger partial charge on any atom is -0.323 e. The quantitative estimate of drug-likeness (QED) is 0.910. The van der Waals surface area contributed by atoms with E-state index in [0.29, 0.717) is 30.8 Å². The summed E-state index contributed by atoms with van der Waals surface area (Å²) in [7, 11) is 0. The van der Waals surface area contributed by atoms with E-state index in [1.54, 1.807) is 17.0 Å². The Morgan fingerprint density at radius 3 is 2.48 bits per heavy atom. The number of Topliss-reactive ketones (excluding diaryl/α,β-unsaturated/α-hetero) is 1. The molecular formula is C16H21FN2O2. The Morgan fingerprint density at radius 1 is 1.33 bits per heavy atom. The molecule has 1 aromatic rings. The van der Waals surface area contributed by atoms with E-state index < -0.39 is 0 Å². The highest BCUT2D eigenvalue weighted by Crippen LogP contribution is 2.20. The SMILES string of the molecule is CCc1ccc(NC(=O)N2C[C@H](C)C(=O)[C@@H](C)C2)cc1F. The summed E-state index contributed by atoms with van der Waals surface area (Å²) in [6.45, 7) is 6.35. The Kier molecular flexibility index (Phi) is 4.60. The third-order valence-electron chi connectivity index (χ3n) is 3.93. The van der Waals surface area contributed by atoms with E-state index in [-0.39, 0.29) is 29.5 Å². The third-order valence-corrected chi connectivity index (χ3v) is 3.93. The molecule has 0 radical (unpaired) electrons. The van der Waals surface area contributed by atoms with Gasteiger partial charge in [0.25, 0.3) is 0 Å². The molecule has 1 N–H and O–H groups in total. The van der Waals surface area contributed by atoms with Gasteiger partial charge in [0.05, 0.1) is 0 Å². The molecule has 0 aliphatic carbocycles. The van der Waals surface area contributed by atoms with E-state index in [4.69, 9.17) is 0 Å². The monoisotopic (exact) mass is 292 g/mol. The van der Waals surface area contributed by atoms with Crippen molar-refractivity contribution in [1.82, 2.24) is 4.90 Å². The lowest BCUT2D eigenvalue weighted by molar-refractivity contribution is -0.128. The van der Waals surface area contributed by atoms with Crippen molar-refractivity contribution < 1.29 is 14.0 Å². The number of urea groups is 1. The molecular weight excluding hydrogens is 271 g/mol. The number of hydrogen-bond acceptors (Lipinski definition) is 2. The van der Waals surface area contributed by atoms with Crippen LogP contribution in [0.1, 0.15) is 26.3 Å². The van der Waals surface area contributed by atoms with Crippen LogP contribution in [0, 0.1) is 17.7 Å². The Labute approximate surface area is 124 Å². The van der Waals surface area contributed by atoms with Crippen LogP contribution < -0.4 is 5.32 Å². The van der Waals surface area contributed by atoms with Crippen LogP contribution in [0.3, 0.4) is 0 Å². The molecule has 1 aromatic carbocycles. The van der Waals surface area contributed by atoms with E-state index in [1.807, 2.05) is 20.8 Å². The molecule has 2 amide bonds. The number of ketones is 1. The number of benzene rings is 1. The molecule has 1 saturated heterocycles. The van der Waals surface area contributed by atoms with Gasteiger partial charge in [-0.1, -0.05) is 26.8 Å². The fourth-order valence-electron chi connectivity index (χ4n) is 2.68. The molecule has 0 saturated carbocycles. The average Bonchev–Trinajstić information content (AvgIpc) is 2.44. The zero-order valence-electron chi connectivity index (χ0n) is 12.6. The highest BCUT2D eigenvalue weighted by atomic mass is 19.1. The Morgan fingerprint density at radius 2 is 1.95 bits per heavy atom. The van der Waals surface area contributed by atoms with E-state index in [9.17, 15) is 14.0 Å². The van der Waals surface area contributed by atoms with E-state index in [0.717, 1.165) is 0 Å². The molecule has 0 unspecified atom stereocenters. The zero-order valence-corrected chi connectivity index (χ0v) is 12.6. The molecule has 2 atom stereocenters. The Hall–Kier alpha value is -1.91. The molecule has 0 spiro atoms. The van der Waals surface area contributed by atoms with Crippen molar-refractivity contribution in [3.8, 4) is 0 Å². The van der Waals surface area contributed by atoms with Crippen molar-refractivity contribution >= 4 is 17.5 Å². The van der Waals surface area contributed by atoms with Crippen LogP contribution in [0.5, 0.6) is 0 Å². The highest BCUT2D eigenvalue weighted by Gasteiger charge is 2.32. The van der Waals surface area contributed by atoms with Gasteiger partial charge in [0.1, 0.15) is 11.6 Å². The summed E-state index contributed by atoms with van der Waals surface area (Å²) in [6, 6.07) is 4.42. The van der Waals surface area contributed by atoms with Crippen molar-refractivity contribution in [2.45, 2.75) is 27.2 Å². The second kappa shape index (κ2) is 6.24. The summed E-state index contributed by atoms with van der Waals surface area (Å²) in [6.07, 6.45) is 0.614. The number of piperidine rings is 1. The summed E-state index contributed by atoms with van der Waals surface area (Å²) < 4.78 is 13.7. The van der Waals surface area contributed by atoms with Crippen molar-refractivity contribution in [2.75, 3.05) is 18.4 Å². The van der Waals surface area contributed by atoms with Crippen LogP contribution in [0.4, 0.5) is 14.9 Å². The standard InChI is InChI=1S/C16H21FN2O2/c1-4-12-5-6-13(7-14(12)17)18-16(21)19-8-10(2)15(20)11(3)9-19/h5-7,10-11H,4,8-9H2,1-3H3,(H,18,21)/t10-,11-/m0/s1. The lowest BCUT2D eigenvalue weighted by atomic mass is 9.90. The number of aryl methyl sites for hydroxylation is 1. The molecule has 114 valence electrons. The number of likely N-dealkylation sites (tertiary alicyclic amines) is 1. The van der Waals surface area contributed by atoms with Crippen LogP contribution in [-0.4, -0.2) is 29.8 Å². The van der Waals surface area contributed by atoms with Crippen LogP contribution in [0.25, 0.3) is 0 Å². The molecule has 1 heterocycles. The maximum Gasteiger partial charge on any atom is 0.321 e. The molecule has 0 bridgehead atoms. The van der Waals surface area contributed by atoms with Gasteiger partial charge < -0.3 is 10.2 Å². The second-order valence-electron chi connectivity index (χ2n) is 5.70. The van der Waals surface area contributed by atoms with Gasteiger partial charge >= 0.3 is 6.03 Å². The maximum absolute atomic E-state index is 13.7. The first kappa shape index (κ1) is 15.5. The van der Waals surface area contributed by atoms with E-state index >= 15 is 0 Å². The predicted octanol–water partition coefficient (Wildman–Crippen LogP) is 3.08. The Bertz CT molecular complexity index is 545. The fourth-order valence-corrected chi connectivity index (χ4v) is 2.68. The topological polar surface area (TPSA) is 49.4 Å². The van der Waals surface area contributed by atoms with Crippen LogP contribution in [0.15, 0.2) is 18.2 Å². The number of anilines is 1. The predicted molar refractivity (Wildman–Crippen MR) is 79.7 cm³/mol. The molecule has 4 nitrogen and oxygen atoms in total. The number of nitrogens with zero attached hydrogens (tertiary/aromatic N) is 1. The summed E-state index contributed by atoms with van der Waals surface area (Å²) in [5.41, 5.74) is 1.06. The van der Waals surface area contributed by atoms with Crippen LogP contribution in [-0.2, 0) is 11.2 Å². The number of carbonyl (C=O) groups excluding carboxylic acids is 2. The van der Waals surface area contributed by atoms with Crippen molar-refractivity contribution in [3.63, 3.8) is 0 Å². The van der Waals surface area contributed by atoms with Gasteiger partial charge in [0.2, 0.25) is 0 Å². The number of hydrogen-bond donors (Lipinski definition) is 1. The van der Waals surface area contributed by atoms with E-state index in [2.05, 4.69) is 5.32 Å². The minimum absolute atomic E-state index is 0.154. The second-order valence-corrected chi connectivity index (χ2v) is 5.70. The zero-order chi connectivity index (χ0) is 15.6. The van der Waals surface area contributed by atoms with Gasteiger partial charge in [0, 0.05) is 30.6 Å². The molecule has 1 aliphatic rings. The number of nitrogens with one attached hydrogen (secondary N) is 1. The minimum atomic E-state index is -0.314. The summed E-state index contributed by atoms with van der Waals surface area (Å²) in [4.78, 5) is 25.6. The van der Waals surface area contributed by atoms with Crippen molar-refractivity contribution in [1.29, 1.82) is 0 Å². The van der Waals surface area contributed by atoms with Gasteiger partial charge in [-0.15, -0.1) is 0 Å². The fraction of sp³-hybridized carbons (Fsp3) is 0.500. The normalized spacial score (nSPS) is 22.3. The first-order chi connectivity index (χ1) is 9.92. The summed E-state index contributed by atoms with van der Waals surface area (Å²) in [5, 5.41) is 2.70. The maximum atomic E-state index is 13.7. The third kappa shape index (κ3) is 3.40. The summed E-state index contributed by atoms with van der Waals surface area (Å²) in [5.74, 6) is -0.430. The smallest absolute Gasteiger partial charge is 0.321 e. The first-order valence-corrected chi connectivity index (χ1v) is 7.30. The number of rotatable bonds is 2. The van der Waals surface area contributed by atoms with Crippen LogP contribution in [0.2, 0.25) is 0 Å². The molecule has 1 fully saturated rings. The number of amides is 2. The largest absolute Gasteiger partial charge is 0.323 e. The van der Waals surface area contributed by atoms with Gasteiger partial charge in [0.15, 0.2) is 0 Å². The van der Waals surface area contributed by atoms with Gasteiger partial charge in [-0.25, -0.2) is 9.18 Å². The average molecular weight is 292 g/mol. The van der Waals surface area contributed by atoms with Crippen molar-refractivity contribution in [3.05, 3.63) is 29.6 Å². The molecule has 0 aromatic heterocycles. The van der Waals surface area contributed by atoms with Gasteiger partial charge in [-0.3, -0.25) is 4.79 Å². The molecule has 1 aliphatic heterocycles. The first-order valence-electron chi connectivity index (χ1n) is 7.30. The molecule has 5 heteroatoms. The van der Waals surface area contributed by atoms with E-state index in [1.165, 1.54) is 6.07 Å². The van der Waals surface area contributed by atoms with Crippen LogP contribution >= 0.6 is 0 Å². The number of carbonyl (C=O) groups is 2. The van der Waals surface area contributed by atoms with Gasteiger partial charge in [-0.05, 0) is 24.1 Å². The highest BCUT2D eigenvalue weighted by molar-refractivity contribution is 5.92. The van der Waals surface area contributed by atoms with Crippen molar-refractivity contribution in [2.24, 2.45) is 11.8 Å². The lowest BCUT2D eigenvalue weighted by Crippen LogP contribution is -2.49.